The largest absolute Gasteiger partial charge is 0.271 e. The van der Waals surface area contributed by atoms with Gasteiger partial charge in [0.1, 0.15) is 0 Å². The Labute approximate surface area is 161 Å². The van der Waals surface area contributed by atoms with E-state index in [1.54, 1.807) is 6.21 Å². The van der Waals surface area contributed by atoms with Crippen LogP contribution in [0.2, 0.25) is 0 Å². The Morgan fingerprint density at radius 3 is 2.50 bits per heavy atom. The number of hydrogen-bond donors (Lipinski definition) is 1. The molecule has 0 radical (unpaired) electrons. The standard InChI is InChI=1S/C20H19N5O3/c1-14-19(15(2)24(23-14)13-16-6-4-3-5-7-16)12-21-22-20(26)17-8-10-18(11-9-17)25(27)28/h3-12H,13H2,1-2H3,(H,22,26). The number of amides is 1. The van der Waals surface area contributed by atoms with Gasteiger partial charge in [-0.25, -0.2) is 5.43 Å². The van der Waals surface area contributed by atoms with Crippen molar-refractivity contribution in [2.24, 2.45) is 5.10 Å². The molecule has 0 spiro atoms. The van der Waals surface area contributed by atoms with Gasteiger partial charge in [0.2, 0.25) is 0 Å². The Bertz CT molecular complexity index is 1020. The molecule has 3 aromatic rings. The van der Waals surface area contributed by atoms with Crippen molar-refractivity contribution in [3.8, 4) is 0 Å². The summed E-state index contributed by atoms with van der Waals surface area (Å²) in [7, 11) is 0. The Kier molecular flexibility index (Phi) is 5.59. The number of rotatable bonds is 6. The summed E-state index contributed by atoms with van der Waals surface area (Å²) in [6, 6.07) is 15.3. The maximum atomic E-state index is 12.1. The number of nitrogens with one attached hydrogen (secondary N) is 1. The van der Waals surface area contributed by atoms with Crippen LogP contribution in [0.5, 0.6) is 0 Å². The zero-order valence-corrected chi connectivity index (χ0v) is 15.5. The number of aromatic nitrogens is 2. The summed E-state index contributed by atoms with van der Waals surface area (Å²) in [5, 5.41) is 19.2. The quantitative estimate of drug-likeness (QED) is 0.405. The molecule has 0 aliphatic heterocycles. The third kappa shape index (κ3) is 4.29. The molecule has 1 N–H and O–H groups in total. The number of carbonyl (C=O) groups is 1. The van der Waals surface area contributed by atoms with E-state index in [-0.39, 0.29) is 11.3 Å². The molecule has 8 nitrogen and oxygen atoms in total. The fourth-order valence-electron chi connectivity index (χ4n) is 2.76. The van der Waals surface area contributed by atoms with Gasteiger partial charge >= 0.3 is 0 Å². The van der Waals surface area contributed by atoms with E-state index in [0.29, 0.717) is 6.54 Å². The van der Waals surface area contributed by atoms with Crippen LogP contribution in [-0.4, -0.2) is 26.8 Å². The van der Waals surface area contributed by atoms with Crippen molar-refractivity contribution in [1.82, 2.24) is 15.2 Å². The first-order valence-corrected chi connectivity index (χ1v) is 8.61. The van der Waals surface area contributed by atoms with Gasteiger partial charge in [-0.15, -0.1) is 0 Å². The highest BCUT2D eigenvalue weighted by Crippen LogP contribution is 2.14. The molecule has 2 aromatic carbocycles. The highest BCUT2D eigenvalue weighted by atomic mass is 16.6. The predicted molar refractivity (Wildman–Crippen MR) is 105 cm³/mol. The van der Waals surface area contributed by atoms with Crippen molar-refractivity contribution < 1.29 is 9.72 Å². The van der Waals surface area contributed by atoms with Crippen molar-refractivity contribution in [2.45, 2.75) is 20.4 Å². The van der Waals surface area contributed by atoms with Gasteiger partial charge in [-0.05, 0) is 31.5 Å². The van der Waals surface area contributed by atoms with Crippen LogP contribution >= 0.6 is 0 Å². The van der Waals surface area contributed by atoms with Crippen LogP contribution in [-0.2, 0) is 6.54 Å². The second-order valence-corrected chi connectivity index (χ2v) is 6.23. The Morgan fingerprint density at radius 2 is 1.86 bits per heavy atom. The molecule has 0 fully saturated rings. The second kappa shape index (κ2) is 8.26. The van der Waals surface area contributed by atoms with Gasteiger partial charge in [-0.3, -0.25) is 19.6 Å². The Balaban J connectivity index is 1.68. The molecule has 1 amide bonds. The normalized spacial score (nSPS) is 10.9. The lowest BCUT2D eigenvalue weighted by Crippen LogP contribution is -2.17. The molecular formula is C20H19N5O3. The van der Waals surface area contributed by atoms with E-state index in [1.807, 2.05) is 48.9 Å². The predicted octanol–water partition coefficient (Wildman–Crippen LogP) is 3.22. The van der Waals surface area contributed by atoms with Gasteiger partial charge < -0.3 is 0 Å². The van der Waals surface area contributed by atoms with Crippen LogP contribution in [0.15, 0.2) is 59.7 Å². The highest BCUT2D eigenvalue weighted by molar-refractivity contribution is 5.95. The molecule has 0 atom stereocenters. The van der Waals surface area contributed by atoms with E-state index in [9.17, 15) is 14.9 Å². The monoisotopic (exact) mass is 377 g/mol. The van der Waals surface area contributed by atoms with Crippen molar-refractivity contribution >= 4 is 17.8 Å². The van der Waals surface area contributed by atoms with Crippen LogP contribution in [0.3, 0.4) is 0 Å². The molecule has 1 aromatic heterocycles. The van der Waals surface area contributed by atoms with Crippen molar-refractivity contribution in [1.29, 1.82) is 0 Å². The number of hydrogen-bond acceptors (Lipinski definition) is 5. The summed E-state index contributed by atoms with van der Waals surface area (Å²) in [5.41, 5.74) is 6.37. The van der Waals surface area contributed by atoms with E-state index in [2.05, 4.69) is 15.6 Å². The van der Waals surface area contributed by atoms with Gasteiger partial charge in [-0.2, -0.15) is 10.2 Å². The zero-order valence-electron chi connectivity index (χ0n) is 15.5. The third-order valence-corrected chi connectivity index (χ3v) is 4.31. The number of non-ortho nitro benzene ring substituents is 1. The smallest absolute Gasteiger partial charge is 0.267 e. The summed E-state index contributed by atoms with van der Waals surface area (Å²) < 4.78 is 1.89. The number of nitro groups is 1. The number of nitrogens with zero attached hydrogens (tertiary/aromatic N) is 4. The summed E-state index contributed by atoms with van der Waals surface area (Å²) in [6.45, 7) is 4.48. The minimum absolute atomic E-state index is 0.0721. The summed E-state index contributed by atoms with van der Waals surface area (Å²) in [6.07, 6.45) is 1.56. The lowest BCUT2D eigenvalue weighted by molar-refractivity contribution is -0.384. The van der Waals surface area contributed by atoms with Crippen molar-refractivity contribution in [3.63, 3.8) is 0 Å². The van der Waals surface area contributed by atoms with Gasteiger partial charge in [0.25, 0.3) is 11.6 Å². The van der Waals surface area contributed by atoms with E-state index >= 15 is 0 Å². The minimum atomic E-state index is -0.515. The molecule has 142 valence electrons. The van der Waals surface area contributed by atoms with Gasteiger partial charge in [0.15, 0.2) is 0 Å². The SMILES string of the molecule is Cc1nn(Cc2ccccc2)c(C)c1C=NNC(=O)c1ccc([N+](=O)[O-])cc1. The lowest BCUT2D eigenvalue weighted by Gasteiger charge is -2.04. The molecule has 0 bridgehead atoms. The average molecular weight is 377 g/mol. The summed E-state index contributed by atoms with van der Waals surface area (Å²) in [4.78, 5) is 22.3. The molecule has 8 heteroatoms. The van der Waals surface area contributed by atoms with Gasteiger partial charge in [0.05, 0.1) is 23.4 Å². The molecule has 3 rings (SSSR count). The molecule has 0 aliphatic rings. The van der Waals surface area contributed by atoms with E-state index in [0.717, 1.165) is 22.5 Å². The minimum Gasteiger partial charge on any atom is -0.267 e. The second-order valence-electron chi connectivity index (χ2n) is 6.23. The fraction of sp³-hybridized carbons (Fsp3) is 0.150. The van der Waals surface area contributed by atoms with E-state index in [4.69, 9.17) is 0 Å². The highest BCUT2D eigenvalue weighted by Gasteiger charge is 2.11. The van der Waals surface area contributed by atoms with Crippen molar-refractivity contribution in [2.75, 3.05) is 0 Å². The van der Waals surface area contributed by atoms with E-state index < -0.39 is 10.8 Å². The first-order valence-electron chi connectivity index (χ1n) is 8.61. The maximum absolute atomic E-state index is 12.1. The zero-order chi connectivity index (χ0) is 20.1. The average Bonchev–Trinajstić information content (AvgIpc) is 2.96. The van der Waals surface area contributed by atoms with E-state index in [1.165, 1.54) is 24.3 Å². The molecule has 0 aliphatic carbocycles. The molecule has 1 heterocycles. The Hall–Kier alpha value is -3.81. The van der Waals surface area contributed by atoms with Gasteiger partial charge in [-0.1, -0.05) is 30.3 Å². The first-order chi connectivity index (χ1) is 13.5. The number of benzene rings is 2. The first kappa shape index (κ1) is 19.0. The van der Waals surface area contributed by atoms with Crippen LogP contribution < -0.4 is 5.43 Å². The summed E-state index contributed by atoms with van der Waals surface area (Å²) in [5.74, 6) is -0.446. The third-order valence-electron chi connectivity index (χ3n) is 4.31. The maximum Gasteiger partial charge on any atom is 0.271 e. The van der Waals surface area contributed by atoms with Crippen molar-refractivity contribution in [3.05, 3.63) is 92.8 Å². The number of carbonyl (C=O) groups excluding carboxylic acids is 1. The number of nitro benzene ring substituents is 1. The topological polar surface area (TPSA) is 102 Å². The van der Waals surface area contributed by atoms with Gasteiger partial charge in [0, 0.05) is 29.0 Å². The molecule has 0 saturated heterocycles. The van der Waals surface area contributed by atoms with Crippen LogP contribution in [0.25, 0.3) is 0 Å². The Morgan fingerprint density at radius 1 is 1.18 bits per heavy atom. The molecular weight excluding hydrogens is 358 g/mol. The molecule has 0 unspecified atom stereocenters. The number of hydrazone groups is 1. The molecule has 0 saturated carbocycles. The lowest BCUT2D eigenvalue weighted by atomic mass is 10.2. The fourth-order valence-corrected chi connectivity index (χ4v) is 2.76. The summed E-state index contributed by atoms with van der Waals surface area (Å²) >= 11 is 0. The van der Waals surface area contributed by atoms with Crippen LogP contribution in [0, 0.1) is 24.0 Å². The van der Waals surface area contributed by atoms with Crippen LogP contribution in [0.1, 0.15) is 32.9 Å². The van der Waals surface area contributed by atoms with Crippen LogP contribution in [0.4, 0.5) is 5.69 Å². The molecule has 28 heavy (non-hydrogen) atoms. The number of aryl methyl sites for hydroxylation is 1.